The highest BCUT2D eigenvalue weighted by Gasteiger charge is 2.21. The van der Waals surface area contributed by atoms with E-state index in [9.17, 15) is 4.79 Å². The van der Waals surface area contributed by atoms with E-state index in [1.54, 1.807) is 18.7 Å². The first-order valence-electron chi connectivity index (χ1n) is 8.34. The number of aryl methyl sites for hydroxylation is 2. The topological polar surface area (TPSA) is 95.1 Å². The molecular weight excluding hydrogens is 366 g/mol. The van der Waals surface area contributed by atoms with Gasteiger partial charge in [-0.1, -0.05) is 11.8 Å². The lowest BCUT2D eigenvalue weighted by Gasteiger charge is -2.10. The summed E-state index contributed by atoms with van der Waals surface area (Å²) >= 11 is 1.21. The van der Waals surface area contributed by atoms with Crippen molar-refractivity contribution in [1.29, 1.82) is 0 Å². The van der Waals surface area contributed by atoms with Crippen LogP contribution in [0.4, 0.5) is 5.69 Å². The lowest BCUT2D eigenvalue weighted by molar-refractivity contribution is -0.115. The third-order valence-corrected chi connectivity index (χ3v) is 5.08. The van der Waals surface area contributed by atoms with Crippen LogP contribution in [0.3, 0.4) is 0 Å². The predicted octanol–water partition coefficient (Wildman–Crippen LogP) is 3.21. The van der Waals surface area contributed by atoms with Gasteiger partial charge in [-0.05, 0) is 45.0 Å². The van der Waals surface area contributed by atoms with E-state index in [2.05, 4.69) is 20.6 Å². The van der Waals surface area contributed by atoms with Crippen LogP contribution in [0.25, 0.3) is 11.5 Å². The van der Waals surface area contributed by atoms with Crippen molar-refractivity contribution >= 4 is 23.4 Å². The minimum absolute atomic E-state index is 0.150. The Labute approximate surface area is 161 Å². The number of nitrogens with zero attached hydrogens (tertiary/aromatic N) is 4. The second kappa shape index (κ2) is 7.83. The molecule has 0 radical (unpaired) electrons. The van der Waals surface area contributed by atoms with E-state index in [-0.39, 0.29) is 5.91 Å². The Morgan fingerprint density at radius 1 is 1.26 bits per heavy atom. The van der Waals surface area contributed by atoms with Gasteiger partial charge in [0.15, 0.2) is 0 Å². The maximum atomic E-state index is 12.5. The number of carbonyl (C=O) groups is 1. The van der Waals surface area contributed by atoms with Crippen LogP contribution in [0.15, 0.2) is 33.9 Å². The molecule has 2 heterocycles. The third kappa shape index (κ3) is 4.13. The van der Waals surface area contributed by atoms with Gasteiger partial charge in [-0.25, -0.2) is 0 Å². The summed E-state index contributed by atoms with van der Waals surface area (Å²) < 4.78 is 12.5. The second-order valence-electron chi connectivity index (χ2n) is 6.02. The first-order valence-corrected chi connectivity index (χ1v) is 9.22. The van der Waals surface area contributed by atoms with E-state index in [4.69, 9.17) is 9.15 Å². The van der Waals surface area contributed by atoms with Crippen LogP contribution < -0.4 is 10.1 Å². The molecule has 0 bridgehead atoms. The van der Waals surface area contributed by atoms with Crippen LogP contribution in [0, 0.1) is 13.8 Å². The Bertz CT molecular complexity index is 949. The van der Waals surface area contributed by atoms with Crippen molar-refractivity contribution in [3.63, 3.8) is 0 Å². The van der Waals surface area contributed by atoms with Crippen LogP contribution in [0.2, 0.25) is 0 Å². The summed E-state index contributed by atoms with van der Waals surface area (Å²) in [7, 11) is 3.45. The smallest absolute Gasteiger partial charge is 0.277 e. The van der Waals surface area contributed by atoms with E-state index >= 15 is 0 Å². The molecule has 3 rings (SSSR count). The molecule has 1 atom stereocenters. The van der Waals surface area contributed by atoms with Crippen LogP contribution >= 0.6 is 11.8 Å². The van der Waals surface area contributed by atoms with Crippen LogP contribution in [0.5, 0.6) is 5.75 Å². The Morgan fingerprint density at radius 3 is 2.56 bits per heavy atom. The zero-order valence-electron chi connectivity index (χ0n) is 15.8. The molecule has 1 amide bonds. The monoisotopic (exact) mass is 387 g/mol. The van der Waals surface area contributed by atoms with Crippen molar-refractivity contribution in [2.24, 2.45) is 7.05 Å². The van der Waals surface area contributed by atoms with Gasteiger partial charge in [-0.15, -0.1) is 10.2 Å². The van der Waals surface area contributed by atoms with Gasteiger partial charge in [0, 0.05) is 12.6 Å². The van der Waals surface area contributed by atoms with Crippen molar-refractivity contribution in [2.75, 3.05) is 12.4 Å². The number of carbonyl (C=O) groups excluding carboxylic acids is 1. The fourth-order valence-corrected chi connectivity index (χ4v) is 3.18. The van der Waals surface area contributed by atoms with E-state index in [1.807, 2.05) is 45.2 Å². The summed E-state index contributed by atoms with van der Waals surface area (Å²) in [4.78, 5) is 12.5. The van der Waals surface area contributed by atoms with E-state index in [0.717, 1.165) is 28.4 Å². The molecule has 0 aliphatic carbocycles. The molecule has 1 N–H and O–H groups in total. The number of rotatable bonds is 6. The zero-order chi connectivity index (χ0) is 19.6. The molecule has 0 fully saturated rings. The average Bonchev–Trinajstić information content (AvgIpc) is 3.21. The molecule has 27 heavy (non-hydrogen) atoms. The highest BCUT2D eigenvalue weighted by molar-refractivity contribution is 8.00. The van der Waals surface area contributed by atoms with Gasteiger partial charge in [0.2, 0.25) is 11.8 Å². The van der Waals surface area contributed by atoms with Crippen molar-refractivity contribution in [1.82, 2.24) is 20.0 Å². The minimum Gasteiger partial charge on any atom is -0.497 e. The number of hydrogen-bond acceptors (Lipinski definition) is 7. The summed E-state index contributed by atoms with van der Waals surface area (Å²) in [6.07, 6.45) is 0. The van der Waals surface area contributed by atoms with Gasteiger partial charge < -0.3 is 14.5 Å². The molecule has 9 heteroatoms. The Hall–Kier alpha value is -2.81. The molecule has 0 saturated heterocycles. The number of hydrogen-bond donors (Lipinski definition) is 1. The second-order valence-corrected chi connectivity index (χ2v) is 7.31. The number of ether oxygens (including phenoxy) is 1. The highest BCUT2D eigenvalue weighted by Crippen LogP contribution is 2.28. The fourth-order valence-electron chi connectivity index (χ4n) is 2.49. The van der Waals surface area contributed by atoms with Gasteiger partial charge >= 0.3 is 0 Å². The van der Waals surface area contributed by atoms with Crippen LogP contribution in [0.1, 0.15) is 18.3 Å². The van der Waals surface area contributed by atoms with Crippen LogP contribution in [-0.2, 0) is 11.8 Å². The van der Waals surface area contributed by atoms with Gasteiger partial charge in [0.25, 0.3) is 5.22 Å². The standard InChI is InChI=1S/C18H21N5O3S/c1-10-15(11(2)23(4)22-10)19-16(24)12(3)27-18-21-20-17(26-18)13-6-8-14(25-5)9-7-13/h6-9,12H,1-5H3,(H,19,24)/t12-/m0/s1. The van der Waals surface area contributed by atoms with Crippen molar-refractivity contribution in [3.05, 3.63) is 35.7 Å². The number of aromatic nitrogens is 4. The van der Waals surface area contributed by atoms with Crippen molar-refractivity contribution < 1.29 is 13.9 Å². The largest absolute Gasteiger partial charge is 0.497 e. The normalized spacial score (nSPS) is 12.0. The number of anilines is 1. The van der Waals surface area contributed by atoms with Crippen molar-refractivity contribution in [3.8, 4) is 17.2 Å². The number of amides is 1. The first kappa shape index (κ1) is 19.0. The Balaban J connectivity index is 1.66. The molecule has 0 spiro atoms. The molecule has 0 saturated carbocycles. The number of nitrogens with one attached hydrogen (secondary N) is 1. The quantitative estimate of drug-likeness (QED) is 0.649. The lowest BCUT2D eigenvalue weighted by Crippen LogP contribution is -2.23. The molecule has 8 nitrogen and oxygen atoms in total. The van der Waals surface area contributed by atoms with Gasteiger partial charge in [-0.3, -0.25) is 9.48 Å². The zero-order valence-corrected chi connectivity index (χ0v) is 16.6. The first-order chi connectivity index (χ1) is 12.9. The molecule has 2 aromatic heterocycles. The van der Waals surface area contributed by atoms with Gasteiger partial charge in [0.1, 0.15) is 5.75 Å². The number of thioether (sulfide) groups is 1. The van der Waals surface area contributed by atoms with E-state index in [1.165, 1.54) is 11.8 Å². The molecule has 0 unspecified atom stereocenters. The highest BCUT2D eigenvalue weighted by atomic mass is 32.2. The minimum atomic E-state index is -0.409. The molecule has 0 aliphatic heterocycles. The van der Waals surface area contributed by atoms with Gasteiger partial charge in [-0.2, -0.15) is 5.10 Å². The maximum absolute atomic E-state index is 12.5. The lowest BCUT2D eigenvalue weighted by atomic mass is 10.2. The van der Waals surface area contributed by atoms with Gasteiger partial charge in [0.05, 0.1) is 29.4 Å². The molecular formula is C18H21N5O3S. The Kier molecular flexibility index (Phi) is 5.50. The summed E-state index contributed by atoms with van der Waals surface area (Å²) in [5.74, 6) is 0.995. The number of benzene rings is 1. The Morgan fingerprint density at radius 2 is 1.96 bits per heavy atom. The summed E-state index contributed by atoms with van der Waals surface area (Å²) in [6, 6.07) is 7.32. The summed E-state index contributed by atoms with van der Waals surface area (Å²) in [5.41, 5.74) is 3.20. The van der Waals surface area contributed by atoms with Crippen LogP contribution in [-0.4, -0.2) is 38.2 Å². The third-order valence-electron chi connectivity index (χ3n) is 4.15. The molecule has 142 valence electrons. The molecule has 0 aliphatic rings. The number of methoxy groups -OCH3 is 1. The van der Waals surface area contributed by atoms with E-state index < -0.39 is 5.25 Å². The molecule has 1 aromatic carbocycles. The predicted molar refractivity (Wildman–Crippen MR) is 103 cm³/mol. The average molecular weight is 387 g/mol. The SMILES string of the molecule is COc1ccc(-c2nnc(S[C@@H](C)C(=O)Nc3c(C)nn(C)c3C)o2)cc1. The summed E-state index contributed by atoms with van der Waals surface area (Å²) in [5, 5.41) is 15.2. The summed E-state index contributed by atoms with van der Waals surface area (Å²) in [6.45, 7) is 5.56. The van der Waals surface area contributed by atoms with E-state index in [0.29, 0.717) is 11.1 Å². The fraction of sp³-hybridized carbons (Fsp3) is 0.333. The maximum Gasteiger partial charge on any atom is 0.277 e. The molecule has 3 aromatic rings. The van der Waals surface area contributed by atoms with Crippen molar-refractivity contribution in [2.45, 2.75) is 31.2 Å².